The van der Waals surface area contributed by atoms with Crippen molar-refractivity contribution in [1.29, 1.82) is 0 Å². The fraction of sp³-hybridized carbons (Fsp3) is 0.318. The minimum Gasteiger partial charge on any atom is -0.485 e. The van der Waals surface area contributed by atoms with E-state index in [4.69, 9.17) is 4.74 Å². The number of hydrogen-bond donors (Lipinski definition) is 0. The van der Waals surface area contributed by atoms with Gasteiger partial charge in [0.1, 0.15) is 0 Å². The first-order valence-electron chi connectivity index (χ1n) is 9.06. The molecule has 0 saturated carbocycles. The number of ether oxygens (including phenoxy) is 1. The molecule has 0 bridgehead atoms. The zero-order chi connectivity index (χ0) is 17.6. The molecule has 2 aromatic carbocycles. The van der Waals surface area contributed by atoms with Gasteiger partial charge in [-0.2, -0.15) is 4.68 Å². The Hall–Kier alpha value is -2.55. The molecule has 1 heterocycles. The third-order valence-corrected chi connectivity index (χ3v) is 4.62. The third kappa shape index (κ3) is 3.60. The minimum atomic E-state index is 0.748. The van der Waals surface area contributed by atoms with Crippen LogP contribution in [0.1, 0.15) is 26.2 Å². The highest BCUT2D eigenvalue weighted by atomic mass is 16.5. The molecule has 0 amide bonds. The Bertz CT molecular complexity index is 744. The van der Waals surface area contributed by atoms with Crippen LogP contribution in [-0.2, 0) is 14.1 Å². The van der Waals surface area contributed by atoms with Gasteiger partial charge in [0.05, 0.1) is 19.2 Å². The van der Waals surface area contributed by atoms with Crippen molar-refractivity contribution >= 4 is 0 Å². The minimum absolute atomic E-state index is 0.748. The largest absolute Gasteiger partial charge is 0.485 e. The quantitative estimate of drug-likeness (QED) is 0.450. The SMILES string of the molecule is CCCCCOc1c(-c2ccccc2)n(C)[n+](C)c1-c1ccccc1. The molecule has 3 nitrogen and oxygen atoms in total. The molecule has 0 spiro atoms. The number of aromatic nitrogens is 2. The predicted molar refractivity (Wildman–Crippen MR) is 102 cm³/mol. The van der Waals surface area contributed by atoms with E-state index in [1.54, 1.807) is 0 Å². The summed E-state index contributed by atoms with van der Waals surface area (Å²) in [5, 5.41) is 0. The molecule has 0 saturated heterocycles. The second-order valence-corrected chi connectivity index (χ2v) is 6.36. The lowest BCUT2D eigenvalue weighted by atomic mass is 10.1. The van der Waals surface area contributed by atoms with Gasteiger partial charge in [0.25, 0.3) is 5.69 Å². The lowest BCUT2D eigenvalue weighted by Gasteiger charge is -2.07. The van der Waals surface area contributed by atoms with Crippen LogP contribution in [0.5, 0.6) is 5.75 Å². The highest BCUT2D eigenvalue weighted by Crippen LogP contribution is 2.37. The van der Waals surface area contributed by atoms with Crippen molar-refractivity contribution in [3.63, 3.8) is 0 Å². The van der Waals surface area contributed by atoms with Gasteiger partial charge in [0.15, 0.2) is 12.7 Å². The summed E-state index contributed by atoms with van der Waals surface area (Å²) in [5.74, 6) is 0.971. The molecule has 0 unspecified atom stereocenters. The Morgan fingerprint density at radius 1 is 0.880 bits per heavy atom. The lowest BCUT2D eigenvalue weighted by molar-refractivity contribution is -0.740. The van der Waals surface area contributed by atoms with E-state index >= 15 is 0 Å². The van der Waals surface area contributed by atoms with Crippen LogP contribution in [0.4, 0.5) is 0 Å². The van der Waals surface area contributed by atoms with Crippen LogP contribution in [0.2, 0.25) is 0 Å². The Balaban J connectivity index is 2.11. The Morgan fingerprint density at radius 2 is 1.48 bits per heavy atom. The first-order chi connectivity index (χ1) is 12.2. The number of rotatable bonds is 7. The van der Waals surface area contributed by atoms with E-state index < -0.39 is 0 Å². The van der Waals surface area contributed by atoms with Gasteiger partial charge < -0.3 is 4.74 Å². The maximum Gasteiger partial charge on any atom is 0.280 e. The Labute approximate surface area is 150 Å². The lowest BCUT2D eigenvalue weighted by Crippen LogP contribution is -2.39. The number of hydrogen-bond acceptors (Lipinski definition) is 1. The molecule has 3 rings (SSSR count). The van der Waals surface area contributed by atoms with Crippen molar-refractivity contribution in [1.82, 2.24) is 4.68 Å². The third-order valence-electron chi connectivity index (χ3n) is 4.62. The summed E-state index contributed by atoms with van der Waals surface area (Å²) in [6.45, 7) is 2.96. The Morgan fingerprint density at radius 3 is 2.08 bits per heavy atom. The fourth-order valence-electron chi connectivity index (χ4n) is 3.20. The molecule has 0 N–H and O–H groups in total. The molecule has 3 heteroatoms. The fourth-order valence-corrected chi connectivity index (χ4v) is 3.20. The van der Waals surface area contributed by atoms with Crippen LogP contribution >= 0.6 is 0 Å². The number of benzene rings is 2. The molecule has 0 aliphatic rings. The van der Waals surface area contributed by atoms with E-state index in [0.29, 0.717) is 0 Å². The van der Waals surface area contributed by atoms with Gasteiger partial charge >= 0.3 is 0 Å². The zero-order valence-corrected chi connectivity index (χ0v) is 15.4. The molecule has 0 aliphatic heterocycles. The summed E-state index contributed by atoms with van der Waals surface area (Å²) in [5.41, 5.74) is 4.60. The average molecular weight is 335 g/mol. The van der Waals surface area contributed by atoms with Crippen LogP contribution in [0.15, 0.2) is 60.7 Å². The summed E-state index contributed by atoms with van der Waals surface area (Å²) in [6.07, 6.45) is 3.47. The summed E-state index contributed by atoms with van der Waals surface area (Å²) in [6, 6.07) is 21.0. The van der Waals surface area contributed by atoms with Crippen LogP contribution in [0.3, 0.4) is 0 Å². The van der Waals surface area contributed by atoms with Gasteiger partial charge in [-0.05, 0) is 18.6 Å². The van der Waals surface area contributed by atoms with Gasteiger partial charge in [0.2, 0.25) is 5.75 Å². The van der Waals surface area contributed by atoms with E-state index in [9.17, 15) is 0 Å². The van der Waals surface area contributed by atoms with Gasteiger partial charge in [-0.25, -0.2) is 0 Å². The molecule has 0 radical (unpaired) electrons. The van der Waals surface area contributed by atoms with Crippen LogP contribution in [-0.4, -0.2) is 11.3 Å². The molecule has 3 aromatic rings. The van der Waals surface area contributed by atoms with Crippen molar-refractivity contribution in [3.05, 3.63) is 60.7 Å². The molecular weight excluding hydrogens is 308 g/mol. The monoisotopic (exact) mass is 335 g/mol. The second kappa shape index (κ2) is 8.02. The van der Waals surface area contributed by atoms with Gasteiger partial charge in [-0.1, -0.05) is 68.3 Å². The smallest absolute Gasteiger partial charge is 0.280 e. The number of unbranched alkanes of at least 4 members (excludes halogenated alkanes) is 2. The molecule has 130 valence electrons. The maximum absolute atomic E-state index is 6.34. The van der Waals surface area contributed by atoms with Crippen molar-refractivity contribution in [2.75, 3.05) is 6.61 Å². The maximum atomic E-state index is 6.34. The van der Waals surface area contributed by atoms with E-state index in [1.807, 2.05) is 12.1 Å². The Kier molecular flexibility index (Phi) is 5.54. The van der Waals surface area contributed by atoms with Crippen molar-refractivity contribution in [2.24, 2.45) is 14.1 Å². The molecule has 0 atom stereocenters. The van der Waals surface area contributed by atoms with E-state index in [0.717, 1.165) is 30.2 Å². The van der Waals surface area contributed by atoms with E-state index in [-0.39, 0.29) is 0 Å². The van der Waals surface area contributed by atoms with E-state index in [1.165, 1.54) is 24.0 Å². The summed E-state index contributed by atoms with van der Waals surface area (Å²) >= 11 is 0. The summed E-state index contributed by atoms with van der Waals surface area (Å²) in [7, 11) is 4.18. The second-order valence-electron chi connectivity index (χ2n) is 6.36. The topological polar surface area (TPSA) is 18.0 Å². The molecule has 0 fully saturated rings. The number of nitrogens with zero attached hydrogens (tertiary/aromatic N) is 2. The van der Waals surface area contributed by atoms with Gasteiger partial charge in [-0.15, -0.1) is 4.68 Å². The van der Waals surface area contributed by atoms with Crippen LogP contribution < -0.4 is 9.42 Å². The summed E-state index contributed by atoms with van der Waals surface area (Å²) in [4.78, 5) is 0. The highest BCUT2D eigenvalue weighted by Gasteiger charge is 2.29. The molecule has 0 aliphatic carbocycles. The molecular formula is C22H27N2O+. The first kappa shape index (κ1) is 17.3. The van der Waals surface area contributed by atoms with Crippen molar-refractivity contribution in [3.8, 4) is 28.3 Å². The summed E-state index contributed by atoms with van der Waals surface area (Å²) < 4.78 is 10.7. The highest BCUT2D eigenvalue weighted by molar-refractivity contribution is 5.76. The van der Waals surface area contributed by atoms with Crippen LogP contribution in [0, 0.1) is 0 Å². The normalized spacial score (nSPS) is 10.8. The van der Waals surface area contributed by atoms with Crippen LogP contribution in [0.25, 0.3) is 22.5 Å². The molecule has 1 aromatic heterocycles. The van der Waals surface area contributed by atoms with Gasteiger partial charge in [-0.3, -0.25) is 0 Å². The van der Waals surface area contributed by atoms with Gasteiger partial charge in [0, 0.05) is 5.56 Å². The molecule has 25 heavy (non-hydrogen) atoms. The van der Waals surface area contributed by atoms with E-state index in [2.05, 4.69) is 78.9 Å². The van der Waals surface area contributed by atoms with Crippen molar-refractivity contribution in [2.45, 2.75) is 26.2 Å². The van der Waals surface area contributed by atoms with Crippen molar-refractivity contribution < 1.29 is 9.42 Å². The first-order valence-corrected chi connectivity index (χ1v) is 9.06. The standard InChI is InChI=1S/C22H27N2O/c1-4-5-12-17-25-22-20(18-13-8-6-9-14-18)23(2)24(3)21(22)19-15-10-7-11-16-19/h6-11,13-16H,4-5,12,17H2,1-3H3/q+1. The zero-order valence-electron chi connectivity index (χ0n) is 15.4. The predicted octanol–water partition coefficient (Wildman–Crippen LogP) is 4.75. The average Bonchev–Trinajstić information content (AvgIpc) is 2.91.